The fraction of sp³-hybridized carbons (Fsp3) is 0.545. The van der Waals surface area contributed by atoms with E-state index in [0.29, 0.717) is 16.8 Å². The number of carboxylic acids is 1. The van der Waals surface area contributed by atoms with Crippen molar-refractivity contribution in [3.05, 3.63) is 17.1 Å². The topological polar surface area (TPSA) is 89.1 Å². The molecule has 1 aromatic rings. The van der Waals surface area contributed by atoms with Gasteiger partial charge in [-0.05, 0) is 6.92 Å². The molecule has 0 radical (unpaired) electrons. The summed E-state index contributed by atoms with van der Waals surface area (Å²) >= 11 is 3.69. The summed E-state index contributed by atoms with van der Waals surface area (Å²) in [6, 6.07) is 0. The molecule has 0 saturated carbocycles. The van der Waals surface area contributed by atoms with Crippen molar-refractivity contribution in [1.29, 1.82) is 0 Å². The number of aromatic nitrogens is 2. The van der Waals surface area contributed by atoms with E-state index in [1.807, 2.05) is 23.5 Å². The SMILES string of the molecule is Cc1nc(C2SCCSC2C)nc(N)c1C(=O)O. The first-order chi connectivity index (χ1) is 8.50. The van der Waals surface area contributed by atoms with Crippen molar-refractivity contribution in [3.8, 4) is 0 Å². The number of thioether (sulfide) groups is 2. The lowest BCUT2D eigenvalue weighted by Crippen LogP contribution is -2.20. The second-order valence-corrected chi connectivity index (χ2v) is 6.83. The Hall–Kier alpha value is -0.950. The van der Waals surface area contributed by atoms with Crippen LogP contribution in [0, 0.1) is 6.92 Å². The molecule has 1 aromatic heterocycles. The van der Waals surface area contributed by atoms with Gasteiger partial charge in [0.1, 0.15) is 17.2 Å². The van der Waals surface area contributed by atoms with Gasteiger partial charge in [-0.2, -0.15) is 11.8 Å². The molecule has 0 bridgehead atoms. The highest BCUT2D eigenvalue weighted by Crippen LogP contribution is 2.41. The van der Waals surface area contributed by atoms with Crippen LogP contribution in [0.1, 0.15) is 34.0 Å². The Morgan fingerprint density at radius 2 is 2.06 bits per heavy atom. The van der Waals surface area contributed by atoms with Gasteiger partial charge in [0.05, 0.1) is 10.9 Å². The molecule has 18 heavy (non-hydrogen) atoms. The van der Waals surface area contributed by atoms with E-state index in [1.165, 1.54) is 0 Å². The second-order valence-electron chi connectivity index (χ2n) is 4.10. The van der Waals surface area contributed by atoms with E-state index in [-0.39, 0.29) is 16.6 Å². The molecule has 7 heteroatoms. The molecule has 1 fully saturated rings. The van der Waals surface area contributed by atoms with Gasteiger partial charge >= 0.3 is 5.97 Å². The van der Waals surface area contributed by atoms with Crippen molar-refractivity contribution >= 4 is 35.3 Å². The van der Waals surface area contributed by atoms with Gasteiger partial charge in [0.15, 0.2) is 0 Å². The minimum atomic E-state index is -1.07. The highest BCUT2D eigenvalue weighted by atomic mass is 32.2. The van der Waals surface area contributed by atoms with Crippen molar-refractivity contribution < 1.29 is 9.90 Å². The smallest absolute Gasteiger partial charge is 0.341 e. The molecule has 1 aliphatic rings. The molecule has 2 unspecified atom stereocenters. The minimum absolute atomic E-state index is 0.0138. The number of rotatable bonds is 2. The number of anilines is 1. The molecule has 3 N–H and O–H groups in total. The van der Waals surface area contributed by atoms with E-state index < -0.39 is 5.97 Å². The number of nitrogens with zero attached hydrogens (tertiary/aromatic N) is 2. The van der Waals surface area contributed by atoms with Crippen LogP contribution in [-0.4, -0.2) is 37.8 Å². The summed E-state index contributed by atoms with van der Waals surface area (Å²) in [5.74, 6) is 1.83. The van der Waals surface area contributed by atoms with E-state index >= 15 is 0 Å². The lowest BCUT2D eigenvalue weighted by Gasteiger charge is -2.27. The summed E-state index contributed by atoms with van der Waals surface area (Å²) in [5.41, 5.74) is 6.18. The predicted molar refractivity (Wildman–Crippen MR) is 75.3 cm³/mol. The van der Waals surface area contributed by atoms with E-state index in [0.717, 1.165) is 11.5 Å². The Morgan fingerprint density at radius 3 is 2.61 bits per heavy atom. The van der Waals surface area contributed by atoms with Gasteiger partial charge < -0.3 is 10.8 Å². The lowest BCUT2D eigenvalue weighted by molar-refractivity contribution is 0.0696. The summed E-state index contributed by atoms with van der Waals surface area (Å²) in [6.45, 7) is 3.80. The first kappa shape index (κ1) is 13.5. The van der Waals surface area contributed by atoms with Crippen LogP contribution in [0.3, 0.4) is 0 Å². The summed E-state index contributed by atoms with van der Waals surface area (Å²) < 4.78 is 0. The first-order valence-electron chi connectivity index (χ1n) is 5.61. The molecule has 2 heterocycles. The molecule has 1 saturated heterocycles. The van der Waals surface area contributed by atoms with Gasteiger partial charge in [-0.1, -0.05) is 6.92 Å². The standard InChI is InChI=1S/C11H15N3O2S2/c1-5-7(11(15)16)9(12)14-10(13-5)8-6(2)17-3-4-18-8/h6,8H,3-4H2,1-2H3,(H,15,16)(H2,12,13,14). The average Bonchev–Trinajstić information content (AvgIpc) is 2.27. The maximum absolute atomic E-state index is 11.0. The highest BCUT2D eigenvalue weighted by Gasteiger charge is 2.28. The summed E-state index contributed by atoms with van der Waals surface area (Å²) in [6.07, 6.45) is 0. The van der Waals surface area contributed by atoms with E-state index in [2.05, 4.69) is 16.9 Å². The van der Waals surface area contributed by atoms with Crippen molar-refractivity contribution in [3.63, 3.8) is 0 Å². The van der Waals surface area contributed by atoms with Crippen molar-refractivity contribution in [2.75, 3.05) is 17.2 Å². The Balaban J connectivity index is 2.38. The Kier molecular flexibility index (Phi) is 4.01. The fourth-order valence-electron chi connectivity index (χ4n) is 1.93. The van der Waals surface area contributed by atoms with Gasteiger partial charge in [-0.25, -0.2) is 14.8 Å². The maximum Gasteiger partial charge on any atom is 0.341 e. The number of nitrogens with two attached hydrogens (primary N) is 1. The number of carboxylic acid groups (broad SMARTS) is 1. The molecule has 0 aliphatic carbocycles. The molecule has 0 spiro atoms. The van der Waals surface area contributed by atoms with Gasteiger partial charge in [0, 0.05) is 16.8 Å². The van der Waals surface area contributed by atoms with Gasteiger partial charge in [-0.3, -0.25) is 0 Å². The lowest BCUT2D eigenvalue weighted by atomic mass is 10.2. The van der Waals surface area contributed by atoms with Crippen molar-refractivity contribution in [2.24, 2.45) is 0 Å². The molecule has 98 valence electrons. The molecule has 2 rings (SSSR count). The highest BCUT2D eigenvalue weighted by molar-refractivity contribution is 8.06. The summed E-state index contributed by atoms with van der Waals surface area (Å²) in [5, 5.41) is 9.63. The number of nitrogen functional groups attached to an aromatic ring is 1. The maximum atomic E-state index is 11.0. The zero-order valence-electron chi connectivity index (χ0n) is 10.2. The van der Waals surface area contributed by atoms with Crippen LogP contribution in [0.5, 0.6) is 0 Å². The molecule has 5 nitrogen and oxygen atoms in total. The molecule has 1 aliphatic heterocycles. The third-order valence-electron chi connectivity index (χ3n) is 2.79. The number of hydrogen-bond acceptors (Lipinski definition) is 6. The van der Waals surface area contributed by atoms with Crippen LogP contribution >= 0.6 is 23.5 Å². The number of aryl methyl sites for hydroxylation is 1. The van der Waals surface area contributed by atoms with Crippen LogP contribution in [0.15, 0.2) is 0 Å². The van der Waals surface area contributed by atoms with Crippen LogP contribution in [0.25, 0.3) is 0 Å². The zero-order valence-corrected chi connectivity index (χ0v) is 11.8. The van der Waals surface area contributed by atoms with Crippen molar-refractivity contribution in [1.82, 2.24) is 9.97 Å². The predicted octanol–water partition coefficient (Wildman–Crippen LogP) is 1.98. The quantitative estimate of drug-likeness (QED) is 0.858. The van der Waals surface area contributed by atoms with Gasteiger partial charge in [0.2, 0.25) is 0 Å². The van der Waals surface area contributed by atoms with Crippen molar-refractivity contribution in [2.45, 2.75) is 24.3 Å². The van der Waals surface area contributed by atoms with E-state index in [4.69, 9.17) is 10.8 Å². The Morgan fingerprint density at radius 1 is 1.39 bits per heavy atom. The fourth-order valence-corrected chi connectivity index (χ4v) is 4.61. The molecule has 0 amide bonds. The Labute approximate surface area is 114 Å². The summed E-state index contributed by atoms with van der Waals surface area (Å²) in [4.78, 5) is 19.5. The second kappa shape index (κ2) is 5.36. The largest absolute Gasteiger partial charge is 0.477 e. The zero-order chi connectivity index (χ0) is 13.3. The normalized spacial score (nSPS) is 23.9. The van der Waals surface area contributed by atoms with E-state index in [1.54, 1.807) is 6.92 Å². The number of carbonyl (C=O) groups is 1. The number of hydrogen-bond donors (Lipinski definition) is 2. The molecular weight excluding hydrogens is 270 g/mol. The Bertz CT molecular complexity index is 458. The van der Waals surface area contributed by atoms with Crippen LogP contribution < -0.4 is 5.73 Å². The molecule has 0 aromatic carbocycles. The number of aromatic carboxylic acids is 1. The van der Waals surface area contributed by atoms with E-state index in [9.17, 15) is 4.79 Å². The summed E-state index contributed by atoms with van der Waals surface area (Å²) in [7, 11) is 0. The average molecular weight is 285 g/mol. The van der Waals surface area contributed by atoms with Crippen LogP contribution in [0.4, 0.5) is 5.82 Å². The van der Waals surface area contributed by atoms with Crippen LogP contribution in [0.2, 0.25) is 0 Å². The molecular formula is C11H15N3O2S2. The third kappa shape index (κ3) is 2.56. The van der Waals surface area contributed by atoms with Gasteiger partial charge in [0.25, 0.3) is 0 Å². The molecule has 2 atom stereocenters. The monoisotopic (exact) mass is 285 g/mol. The minimum Gasteiger partial charge on any atom is -0.477 e. The third-order valence-corrected chi connectivity index (χ3v) is 5.88. The van der Waals surface area contributed by atoms with Crippen LogP contribution in [-0.2, 0) is 0 Å². The van der Waals surface area contributed by atoms with Gasteiger partial charge in [-0.15, -0.1) is 11.8 Å². The first-order valence-corrected chi connectivity index (χ1v) is 7.71.